The molecule has 0 unspecified atom stereocenters. The van der Waals surface area contributed by atoms with E-state index in [2.05, 4.69) is 0 Å². The molecule has 0 saturated heterocycles. The number of furan rings is 1. The van der Waals surface area contributed by atoms with Crippen molar-refractivity contribution < 1.29 is 65.7 Å². The summed E-state index contributed by atoms with van der Waals surface area (Å²) in [5.74, 6) is -0.284. The van der Waals surface area contributed by atoms with E-state index in [9.17, 15) is 9.90 Å². The van der Waals surface area contributed by atoms with Crippen LogP contribution in [0.15, 0.2) is 52.2 Å². The van der Waals surface area contributed by atoms with Crippen molar-refractivity contribution in [1.82, 2.24) is 0 Å². The van der Waals surface area contributed by atoms with E-state index in [1.807, 2.05) is 45.1 Å². The van der Waals surface area contributed by atoms with Crippen molar-refractivity contribution in [2.75, 3.05) is 0 Å². The zero-order valence-electron chi connectivity index (χ0n) is 13.3. The van der Waals surface area contributed by atoms with Gasteiger partial charge in [-0.05, 0) is 44.9 Å². The fourth-order valence-corrected chi connectivity index (χ4v) is 1.69. The summed E-state index contributed by atoms with van der Waals surface area (Å²) in [4.78, 5) is 10.3. The average molecular weight is 310 g/mol. The molecular formula is C17H19KO3. The molecule has 0 N–H and O–H groups in total. The van der Waals surface area contributed by atoms with Gasteiger partial charge < -0.3 is 14.3 Å². The molecule has 0 radical (unpaired) electrons. The van der Waals surface area contributed by atoms with Crippen LogP contribution in [0, 0.1) is 13.8 Å². The zero-order valence-corrected chi connectivity index (χ0v) is 16.4. The molecule has 1 rings (SSSR count). The van der Waals surface area contributed by atoms with Crippen LogP contribution in [0.4, 0.5) is 0 Å². The van der Waals surface area contributed by atoms with Crippen LogP contribution in [0.1, 0.15) is 30.7 Å². The number of carbonyl (C=O) groups is 1. The SMILES string of the molecule is CC(/C=C/c1c(C)coc1C)=C\C=C\C(C)=C\C(=O)[O-].[K+]. The number of hydrogen-bond acceptors (Lipinski definition) is 3. The van der Waals surface area contributed by atoms with Gasteiger partial charge >= 0.3 is 51.4 Å². The van der Waals surface area contributed by atoms with Gasteiger partial charge in [-0.2, -0.15) is 0 Å². The molecule has 0 fully saturated rings. The Bertz CT molecular complexity index is 582. The third-order valence-corrected chi connectivity index (χ3v) is 2.79. The van der Waals surface area contributed by atoms with Gasteiger partial charge in [-0.1, -0.05) is 36.0 Å². The summed E-state index contributed by atoms with van der Waals surface area (Å²) >= 11 is 0. The van der Waals surface area contributed by atoms with Crippen molar-refractivity contribution in [2.45, 2.75) is 27.7 Å². The maximum Gasteiger partial charge on any atom is 1.00 e. The van der Waals surface area contributed by atoms with Crippen LogP contribution < -0.4 is 56.5 Å². The fourth-order valence-electron chi connectivity index (χ4n) is 1.69. The predicted octanol–water partition coefficient (Wildman–Crippen LogP) is 0.112. The molecule has 106 valence electrons. The predicted molar refractivity (Wildman–Crippen MR) is 78.9 cm³/mol. The quantitative estimate of drug-likeness (QED) is 0.441. The van der Waals surface area contributed by atoms with Crippen molar-refractivity contribution in [3.63, 3.8) is 0 Å². The van der Waals surface area contributed by atoms with Gasteiger partial charge in [0, 0.05) is 5.56 Å². The minimum Gasteiger partial charge on any atom is -0.545 e. The molecule has 0 aromatic carbocycles. The van der Waals surface area contributed by atoms with Crippen LogP contribution in [0.2, 0.25) is 0 Å². The van der Waals surface area contributed by atoms with Crippen molar-refractivity contribution in [2.24, 2.45) is 0 Å². The Kier molecular flexibility index (Phi) is 9.82. The van der Waals surface area contributed by atoms with Gasteiger partial charge in [0.25, 0.3) is 0 Å². The van der Waals surface area contributed by atoms with Crippen molar-refractivity contribution in [1.29, 1.82) is 0 Å². The molecular weight excluding hydrogens is 291 g/mol. The number of rotatable bonds is 5. The fraction of sp³-hybridized carbons (Fsp3) is 0.235. The third-order valence-electron chi connectivity index (χ3n) is 2.79. The zero-order chi connectivity index (χ0) is 15.1. The van der Waals surface area contributed by atoms with E-state index in [4.69, 9.17) is 4.42 Å². The maximum atomic E-state index is 10.3. The molecule has 0 spiro atoms. The van der Waals surface area contributed by atoms with Gasteiger partial charge in [0.2, 0.25) is 0 Å². The van der Waals surface area contributed by atoms with Crippen molar-refractivity contribution in [3.8, 4) is 0 Å². The van der Waals surface area contributed by atoms with E-state index < -0.39 is 5.97 Å². The topological polar surface area (TPSA) is 53.3 Å². The maximum absolute atomic E-state index is 10.3. The summed E-state index contributed by atoms with van der Waals surface area (Å²) in [7, 11) is 0. The summed E-state index contributed by atoms with van der Waals surface area (Å²) in [5, 5.41) is 10.3. The number of aliphatic carboxylic acids is 1. The smallest absolute Gasteiger partial charge is 0.545 e. The molecule has 21 heavy (non-hydrogen) atoms. The molecule has 1 aromatic rings. The van der Waals surface area contributed by atoms with Gasteiger partial charge in [0.05, 0.1) is 12.2 Å². The molecule has 0 aliphatic carbocycles. The molecule has 0 atom stereocenters. The molecule has 3 nitrogen and oxygen atoms in total. The van der Waals surface area contributed by atoms with E-state index in [1.165, 1.54) is 0 Å². The van der Waals surface area contributed by atoms with Crippen LogP contribution >= 0.6 is 0 Å². The molecule has 0 aliphatic rings. The number of aryl methyl sites for hydroxylation is 2. The number of carboxylic acid groups (broad SMARTS) is 1. The molecule has 0 aliphatic heterocycles. The second-order valence-electron chi connectivity index (χ2n) is 4.70. The largest absolute Gasteiger partial charge is 1.00 e. The van der Waals surface area contributed by atoms with E-state index in [1.54, 1.807) is 19.3 Å². The second kappa shape index (κ2) is 10.1. The summed E-state index contributed by atoms with van der Waals surface area (Å²) in [6.07, 6.45) is 12.2. The first-order chi connectivity index (χ1) is 9.40. The summed E-state index contributed by atoms with van der Waals surface area (Å²) in [6.45, 7) is 7.62. The Morgan fingerprint density at radius 3 is 2.38 bits per heavy atom. The Morgan fingerprint density at radius 2 is 1.86 bits per heavy atom. The second-order valence-corrected chi connectivity index (χ2v) is 4.70. The Labute approximate surface area is 168 Å². The first kappa shape index (κ1) is 20.3. The first-order valence-electron chi connectivity index (χ1n) is 6.37. The van der Waals surface area contributed by atoms with Gasteiger partial charge in [-0.3, -0.25) is 0 Å². The van der Waals surface area contributed by atoms with Crippen LogP contribution in [-0.2, 0) is 4.79 Å². The van der Waals surface area contributed by atoms with Gasteiger partial charge in [-0.25, -0.2) is 0 Å². The van der Waals surface area contributed by atoms with Crippen LogP contribution in [-0.4, -0.2) is 5.97 Å². The standard InChI is InChI=1S/C17H20O3.K/c1-12(6-5-7-13(2)10-17(18)19)8-9-16-14(3)11-20-15(16)4;/h5-11H,1-4H3,(H,18,19);/q;+1/p-1/b7-5+,9-8+,12-6+,13-10+;. The van der Waals surface area contributed by atoms with E-state index in [0.29, 0.717) is 5.57 Å². The average Bonchev–Trinajstić information content (AvgIpc) is 2.65. The Hall–Kier alpha value is -0.654. The van der Waals surface area contributed by atoms with Gasteiger partial charge in [-0.15, -0.1) is 0 Å². The number of carboxylic acids is 1. The number of allylic oxidation sites excluding steroid dienone is 6. The van der Waals surface area contributed by atoms with Crippen molar-refractivity contribution in [3.05, 3.63) is 64.7 Å². The molecule has 1 aromatic heterocycles. The van der Waals surface area contributed by atoms with Crippen LogP contribution in [0.3, 0.4) is 0 Å². The minimum absolute atomic E-state index is 0. The third kappa shape index (κ3) is 7.78. The normalized spacial score (nSPS) is 13.0. The van der Waals surface area contributed by atoms with Crippen LogP contribution in [0.25, 0.3) is 6.08 Å². The van der Waals surface area contributed by atoms with Gasteiger partial charge in [0.15, 0.2) is 0 Å². The van der Waals surface area contributed by atoms with Crippen LogP contribution in [0.5, 0.6) is 0 Å². The number of carbonyl (C=O) groups excluding carboxylic acids is 1. The van der Waals surface area contributed by atoms with Gasteiger partial charge in [0.1, 0.15) is 5.76 Å². The van der Waals surface area contributed by atoms with E-state index in [0.717, 1.165) is 28.5 Å². The van der Waals surface area contributed by atoms with E-state index in [-0.39, 0.29) is 51.4 Å². The molecule has 0 saturated carbocycles. The molecule has 0 amide bonds. The van der Waals surface area contributed by atoms with E-state index >= 15 is 0 Å². The van der Waals surface area contributed by atoms with Crippen molar-refractivity contribution >= 4 is 12.0 Å². The Balaban J connectivity index is 0.00000400. The summed E-state index contributed by atoms with van der Waals surface area (Å²) in [6, 6.07) is 0. The Morgan fingerprint density at radius 1 is 1.19 bits per heavy atom. The monoisotopic (exact) mass is 310 g/mol. The first-order valence-corrected chi connectivity index (χ1v) is 6.37. The number of hydrogen-bond donors (Lipinski definition) is 0. The summed E-state index contributed by atoms with van der Waals surface area (Å²) < 4.78 is 5.32. The molecule has 1 heterocycles. The minimum atomic E-state index is -1.18. The summed E-state index contributed by atoms with van der Waals surface area (Å²) in [5.41, 5.74) is 3.90. The molecule has 4 heteroatoms. The molecule has 0 bridgehead atoms.